The quantitative estimate of drug-likeness (QED) is 0.0877. The molecule has 0 radical (unpaired) electrons. The normalized spacial score (nSPS) is 19.6. The van der Waals surface area contributed by atoms with E-state index in [9.17, 15) is 0 Å². The van der Waals surface area contributed by atoms with Gasteiger partial charge >= 0.3 is 0 Å². The predicted octanol–water partition coefficient (Wildman–Crippen LogP) is 9.34. The number of hydrogen-bond acceptors (Lipinski definition) is 7. The summed E-state index contributed by atoms with van der Waals surface area (Å²) < 4.78 is 46.1. The molecule has 5 atom stereocenters. The van der Waals surface area contributed by atoms with Crippen LogP contribution in [-0.2, 0) is 56.7 Å². The van der Waals surface area contributed by atoms with E-state index in [1.54, 1.807) is 0 Å². The van der Waals surface area contributed by atoms with Gasteiger partial charge in [0, 0.05) is 0 Å². The number of benzene rings is 6. The molecule has 0 bridgehead atoms. The van der Waals surface area contributed by atoms with Gasteiger partial charge in [-0.25, -0.2) is 0 Å². The zero-order chi connectivity index (χ0) is 36.6. The van der Waals surface area contributed by atoms with Gasteiger partial charge in [-0.1, -0.05) is 152 Å². The molecule has 0 spiro atoms. The van der Waals surface area contributed by atoms with Gasteiger partial charge in [0.05, 0.1) is 26.4 Å². The molecule has 7 rings (SSSR count). The van der Waals surface area contributed by atoms with Gasteiger partial charge in [-0.3, -0.25) is 0 Å². The standard InChI is InChI=1S/C47H46O7/c1-6-16-36(17-7-1)30-48-41-26-28-42(29-27-41)49-35-43-44(50-31-37-18-8-2-9-19-37)45(51-32-38-20-10-3-11-21-38)46(52-33-39-22-12-4-13-23-39)47(54-43)53-34-40-24-14-5-15-25-40/h1-29,43-47H,30-35H2/t43-,44+,45+,46-,47-/m1/s1. The van der Waals surface area contributed by atoms with Crippen LogP contribution in [0.2, 0.25) is 0 Å². The van der Waals surface area contributed by atoms with Crippen molar-refractivity contribution in [3.8, 4) is 11.5 Å². The Kier molecular flexibility index (Phi) is 13.5. The smallest absolute Gasteiger partial charge is 0.187 e. The molecular formula is C47H46O7. The van der Waals surface area contributed by atoms with Crippen molar-refractivity contribution in [2.75, 3.05) is 6.61 Å². The maximum absolute atomic E-state index is 6.83. The lowest BCUT2D eigenvalue weighted by Crippen LogP contribution is -2.62. The zero-order valence-electron chi connectivity index (χ0n) is 30.2. The summed E-state index contributed by atoms with van der Waals surface area (Å²) in [5, 5.41) is 0. The van der Waals surface area contributed by atoms with Crippen molar-refractivity contribution in [2.45, 2.75) is 63.7 Å². The van der Waals surface area contributed by atoms with Crippen LogP contribution in [0.25, 0.3) is 0 Å². The van der Waals surface area contributed by atoms with Crippen LogP contribution in [0.3, 0.4) is 0 Å². The van der Waals surface area contributed by atoms with Crippen LogP contribution in [0.1, 0.15) is 27.8 Å². The molecule has 7 nitrogen and oxygen atoms in total. The van der Waals surface area contributed by atoms with Crippen LogP contribution in [-0.4, -0.2) is 37.3 Å². The van der Waals surface area contributed by atoms with Crippen LogP contribution in [0, 0.1) is 0 Å². The van der Waals surface area contributed by atoms with Crippen molar-refractivity contribution >= 4 is 0 Å². The molecule has 0 saturated carbocycles. The lowest BCUT2D eigenvalue weighted by atomic mass is 9.97. The Hall–Kier alpha value is -5.28. The monoisotopic (exact) mass is 722 g/mol. The average molecular weight is 723 g/mol. The first-order valence-electron chi connectivity index (χ1n) is 18.4. The van der Waals surface area contributed by atoms with Gasteiger partial charge in [-0.2, -0.15) is 0 Å². The Morgan fingerprint density at radius 3 is 1.13 bits per heavy atom. The fraction of sp³-hybridized carbons (Fsp3) is 0.234. The van der Waals surface area contributed by atoms with E-state index in [1.807, 2.05) is 164 Å². The van der Waals surface area contributed by atoms with Crippen molar-refractivity contribution in [3.63, 3.8) is 0 Å². The molecule has 0 aromatic heterocycles. The molecule has 0 N–H and O–H groups in total. The summed E-state index contributed by atoms with van der Waals surface area (Å²) in [5.41, 5.74) is 5.23. The highest BCUT2D eigenvalue weighted by Crippen LogP contribution is 2.32. The van der Waals surface area contributed by atoms with Gasteiger partial charge in [0.2, 0.25) is 0 Å². The van der Waals surface area contributed by atoms with E-state index in [-0.39, 0.29) is 6.61 Å². The summed E-state index contributed by atoms with van der Waals surface area (Å²) in [4.78, 5) is 0. The van der Waals surface area contributed by atoms with E-state index < -0.39 is 30.7 Å². The third-order valence-electron chi connectivity index (χ3n) is 9.19. The van der Waals surface area contributed by atoms with E-state index in [4.69, 9.17) is 33.2 Å². The third-order valence-corrected chi connectivity index (χ3v) is 9.19. The molecule has 0 aliphatic carbocycles. The first-order chi connectivity index (χ1) is 26.8. The summed E-state index contributed by atoms with van der Waals surface area (Å²) in [6, 6.07) is 58.1. The molecule has 1 fully saturated rings. The fourth-order valence-electron chi connectivity index (χ4n) is 6.32. The minimum absolute atomic E-state index is 0.186. The van der Waals surface area contributed by atoms with Crippen LogP contribution in [0.15, 0.2) is 176 Å². The van der Waals surface area contributed by atoms with Crippen LogP contribution in [0.4, 0.5) is 0 Å². The highest BCUT2D eigenvalue weighted by atomic mass is 16.7. The Morgan fingerprint density at radius 1 is 0.333 bits per heavy atom. The second-order valence-corrected chi connectivity index (χ2v) is 13.2. The predicted molar refractivity (Wildman–Crippen MR) is 208 cm³/mol. The van der Waals surface area contributed by atoms with Gasteiger partial charge in [-0.05, 0) is 52.1 Å². The summed E-state index contributed by atoms with van der Waals surface area (Å²) in [7, 11) is 0. The molecule has 54 heavy (non-hydrogen) atoms. The SMILES string of the molecule is c1ccc(COc2ccc(OC[C@H]3O[C@@H](OCc4ccccc4)[C@H](OCc4ccccc4)[C@@H](OCc4ccccc4)[C@H]3OCc3ccccc3)cc2)cc1. The van der Waals surface area contributed by atoms with Crippen molar-refractivity contribution in [1.29, 1.82) is 0 Å². The third kappa shape index (κ3) is 10.9. The minimum atomic E-state index is -0.784. The molecule has 1 heterocycles. The van der Waals surface area contributed by atoms with Gasteiger partial charge in [0.25, 0.3) is 0 Å². The molecule has 6 aromatic rings. The van der Waals surface area contributed by atoms with Crippen molar-refractivity contribution < 1.29 is 33.2 Å². The van der Waals surface area contributed by atoms with Crippen molar-refractivity contribution in [2.24, 2.45) is 0 Å². The van der Waals surface area contributed by atoms with Gasteiger partial charge in [-0.15, -0.1) is 0 Å². The molecule has 1 aliphatic heterocycles. The van der Waals surface area contributed by atoms with E-state index in [0.717, 1.165) is 33.6 Å². The molecule has 276 valence electrons. The van der Waals surface area contributed by atoms with E-state index >= 15 is 0 Å². The highest BCUT2D eigenvalue weighted by Gasteiger charge is 2.49. The van der Waals surface area contributed by atoms with E-state index in [0.29, 0.717) is 38.8 Å². The molecule has 6 aromatic carbocycles. The minimum Gasteiger partial charge on any atom is -0.491 e. The van der Waals surface area contributed by atoms with Crippen LogP contribution < -0.4 is 9.47 Å². The first-order valence-corrected chi connectivity index (χ1v) is 18.4. The maximum Gasteiger partial charge on any atom is 0.187 e. The maximum atomic E-state index is 6.83. The summed E-state index contributed by atoms with van der Waals surface area (Å²) in [5.74, 6) is 1.43. The van der Waals surface area contributed by atoms with Crippen LogP contribution >= 0.6 is 0 Å². The zero-order valence-corrected chi connectivity index (χ0v) is 30.2. The molecular weight excluding hydrogens is 677 g/mol. The Morgan fingerprint density at radius 2 is 0.685 bits per heavy atom. The Labute approximate surface area is 318 Å². The fourth-order valence-corrected chi connectivity index (χ4v) is 6.32. The molecule has 1 saturated heterocycles. The second kappa shape index (κ2) is 19.7. The van der Waals surface area contributed by atoms with E-state index in [1.165, 1.54) is 0 Å². The van der Waals surface area contributed by atoms with Crippen LogP contribution in [0.5, 0.6) is 11.5 Å². The van der Waals surface area contributed by atoms with E-state index in [2.05, 4.69) is 12.1 Å². The lowest BCUT2D eigenvalue weighted by molar-refractivity contribution is -0.328. The number of hydrogen-bond donors (Lipinski definition) is 0. The lowest BCUT2D eigenvalue weighted by Gasteiger charge is -2.45. The Balaban J connectivity index is 1.14. The molecule has 0 amide bonds. The summed E-state index contributed by atoms with van der Waals surface area (Å²) in [6.45, 7) is 2.05. The molecule has 7 heteroatoms. The topological polar surface area (TPSA) is 64.6 Å². The van der Waals surface area contributed by atoms with Gasteiger partial charge in [0.15, 0.2) is 6.29 Å². The first kappa shape index (κ1) is 37.1. The molecule has 1 aliphatic rings. The highest BCUT2D eigenvalue weighted by molar-refractivity contribution is 5.31. The van der Waals surface area contributed by atoms with Crippen molar-refractivity contribution in [3.05, 3.63) is 204 Å². The Bertz CT molecular complexity index is 1910. The summed E-state index contributed by atoms with van der Waals surface area (Å²) >= 11 is 0. The van der Waals surface area contributed by atoms with Gasteiger partial charge in [0.1, 0.15) is 49.1 Å². The largest absolute Gasteiger partial charge is 0.491 e. The second-order valence-electron chi connectivity index (χ2n) is 13.2. The number of ether oxygens (including phenoxy) is 7. The molecule has 0 unspecified atom stereocenters. The number of rotatable bonds is 18. The van der Waals surface area contributed by atoms with Crippen molar-refractivity contribution in [1.82, 2.24) is 0 Å². The summed E-state index contributed by atoms with van der Waals surface area (Å²) in [6.07, 6.45) is -3.13. The van der Waals surface area contributed by atoms with Gasteiger partial charge < -0.3 is 33.2 Å². The average Bonchev–Trinajstić information content (AvgIpc) is 3.24.